The van der Waals surface area contributed by atoms with Crippen LogP contribution in [0.2, 0.25) is 0 Å². The summed E-state index contributed by atoms with van der Waals surface area (Å²) in [6.45, 7) is 1.13. The molecule has 1 aliphatic heterocycles. The van der Waals surface area contributed by atoms with Gasteiger partial charge in [-0.2, -0.15) is 17.4 Å². The molecular formula is C11H19N3O4S3. The summed E-state index contributed by atoms with van der Waals surface area (Å²) in [4.78, 5) is 0.609. The SMILES string of the molecule is NS(=O)(=O)c1ccc(CNS(=O)(=O)N2CCCCCC2)s1. The summed E-state index contributed by atoms with van der Waals surface area (Å²) in [5.41, 5.74) is 0. The lowest BCUT2D eigenvalue weighted by atomic mass is 10.2. The molecule has 7 nitrogen and oxygen atoms in total. The maximum absolute atomic E-state index is 12.2. The summed E-state index contributed by atoms with van der Waals surface area (Å²) in [6, 6.07) is 2.95. The van der Waals surface area contributed by atoms with E-state index in [0.717, 1.165) is 37.0 Å². The van der Waals surface area contributed by atoms with E-state index in [1.54, 1.807) is 6.07 Å². The smallest absolute Gasteiger partial charge is 0.224 e. The van der Waals surface area contributed by atoms with Crippen LogP contribution in [0.3, 0.4) is 0 Å². The van der Waals surface area contributed by atoms with Gasteiger partial charge < -0.3 is 0 Å². The van der Waals surface area contributed by atoms with E-state index in [1.165, 1.54) is 10.4 Å². The van der Waals surface area contributed by atoms with Crippen LogP contribution < -0.4 is 9.86 Å². The molecule has 3 N–H and O–H groups in total. The molecule has 0 bridgehead atoms. The van der Waals surface area contributed by atoms with Crippen LogP contribution >= 0.6 is 11.3 Å². The predicted molar refractivity (Wildman–Crippen MR) is 81.5 cm³/mol. The van der Waals surface area contributed by atoms with Crippen LogP contribution in [0.5, 0.6) is 0 Å². The van der Waals surface area contributed by atoms with Gasteiger partial charge in [-0.15, -0.1) is 11.3 Å². The summed E-state index contributed by atoms with van der Waals surface area (Å²) >= 11 is 0.973. The third kappa shape index (κ3) is 4.73. The largest absolute Gasteiger partial charge is 0.279 e. The van der Waals surface area contributed by atoms with Crippen molar-refractivity contribution in [2.45, 2.75) is 36.4 Å². The molecule has 2 heterocycles. The number of hydrogen-bond acceptors (Lipinski definition) is 5. The summed E-state index contributed by atoms with van der Waals surface area (Å²) in [5, 5.41) is 5.02. The number of primary sulfonamides is 1. The van der Waals surface area contributed by atoms with E-state index in [1.807, 2.05) is 0 Å². The maximum Gasteiger partial charge on any atom is 0.279 e. The van der Waals surface area contributed by atoms with Gasteiger partial charge in [0.05, 0.1) is 0 Å². The Kier molecular flexibility index (Phi) is 5.38. The van der Waals surface area contributed by atoms with Gasteiger partial charge in [0.15, 0.2) is 0 Å². The first kappa shape index (κ1) is 16.8. The molecular weight excluding hydrogens is 334 g/mol. The van der Waals surface area contributed by atoms with E-state index >= 15 is 0 Å². The first-order chi connectivity index (χ1) is 9.79. The highest BCUT2D eigenvalue weighted by molar-refractivity contribution is 7.91. The lowest BCUT2D eigenvalue weighted by molar-refractivity contribution is 0.415. The van der Waals surface area contributed by atoms with E-state index in [0.29, 0.717) is 18.0 Å². The number of nitrogens with one attached hydrogen (secondary N) is 1. The Morgan fingerprint density at radius 2 is 1.71 bits per heavy atom. The number of nitrogens with two attached hydrogens (primary N) is 1. The first-order valence-corrected chi connectivity index (χ1v) is 10.5. The lowest BCUT2D eigenvalue weighted by Crippen LogP contribution is -2.40. The van der Waals surface area contributed by atoms with Crippen molar-refractivity contribution in [1.82, 2.24) is 9.03 Å². The highest BCUT2D eigenvalue weighted by Gasteiger charge is 2.22. The molecule has 0 unspecified atom stereocenters. The summed E-state index contributed by atoms with van der Waals surface area (Å²) in [7, 11) is -7.25. The topological polar surface area (TPSA) is 110 Å². The molecule has 0 amide bonds. The van der Waals surface area contributed by atoms with Crippen LogP contribution in [0.15, 0.2) is 16.3 Å². The van der Waals surface area contributed by atoms with E-state index in [9.17, 15) is 16.8 Å². The fourth-order valence-corrected chi connectivity index (χ4v) is 5.21. The molecule has 1 aromatic heterocycles. The molecule has 0 spiro atoms. The average Bonchev–Trinajstić information content (AvgIpc) is 2.70. The van der Waals surface area contributed by atoms with Gasteiger partial charge in [-0.05, 0) is 25.0 Å². The molecule has 1 aliphatic rings. The molecule has 0 aromatic carbocycles. The van der Waals surface area contributed by atoms with Gasteiger partial charge >= 0.3 is 0 Å². The fourth-order valence-electron chi connectivity index (χ4n) is 2.14. The van der Waals surface area contributed by atoms with E-state index in [-0.39, 0.29) is 10.8 Å². The van der Waals surface area contributed by atoms with E-state index in [4.69, 9.17) is 5.14 Å². The number of hydrogen-bond donors (Lipinski definition) is 2. The predicted octanol–water partition coefficient (Wildman–Crippen LogP) is 0.606. The zero-order chi connectivity index (χ0) is 15.5. The second kappa shape index (κ2) is 6.71. The van der Waals surface area contributed by atoms with Crippen LogP contribution in [0, 0.1) is 0 Å². The number of sulfonamides is 1. The van der Waals surface area contributed by atoms with Gasteiger partial charge in [0.1, 0.15) is 4.21 Å². The van der Waals surface area contributed by atoms with Crippen molar-refractivity contribution in [1.29, 1.82) is 0 Å². The van der Waals surface area contributed by atoms with Crippen molar-refractivity contribution >= 4 is 31.6 Å². The number of rotatable bonds is 5. The van der Waals surface area contributed by atoms with Gasteiger partial charge in [0.25, 0.3) is 10.2 Å². The normalized spacial score (nSPS) is 18.5. The molecule has 10 heteroatoms. The van der Waals surface area contributed by atoms with E-state index in [2.05, 4.69) is 4.72 Å². The van der Waals surface area contributed by atoms with Crippen molar-refractivity contribution in [2.24, 2.45) is 5.14 Å². The van der Waals surface area contributed by atoms with Gasteiger partial charge in [-0.1, -0.05) is 12.8 Å². The Labute approximate surface area is 129 Å². The van der Waals surface area contributed by atoms with Crippen molar-refractivity contribution in [2.75, 3.05) is 13.1 Å². The molecule has 0 aliphatic carbocycles. The second-order valence-corrected chi connectivity index (χ2v) is 9.62. The monoisotopic (exact) mass is 353 g/mol. The van der Waals surface area contributed by atoms with Crippen LogP contribution in [0.4, 0.5) is 0 Å². The fraction of sp³-hybridized carbons (Fsp3) is 0.636. The van der Waals surface area contributed by atoms with Crippen LogP contribution in [0.25, 0.3) is 0 Å². The van der Waals surface area contributed by atoms with Gasteiger partial charge in [0, 0.05) is 24.5 Å². The molecule has 0 saturated carbocycles. The zero-order valence-corrected chi connectivity index (χ0v) is 13.9. The molecule has 0 radical (unpaired) electrons. The van der Waals surface area contributed by atoms with Crippen molar-refractivity contribution in [3.05, 3.63) is 17.0 Å². The minimum absolute atomic E-state index is 0.0338. The quantitative estimate of drug-likeness (QED) is 0.808. The maximum atomic E-state index is 12.2. The molecule has 21 heavy (non-hydrogen) atoms. The second-order valence-electron chi connectivity index (χ2n) is 4.91. The third-order valence-electron chi connectivity index (χ3n) is 3.25. The highest BCUT2D eigenvalue weighted by Crippen LogP contribution is 2.20. The van der Waals surface area contributed by atoms with Gasteiger partial charge in [0.2, 0.25) is 10.0 Å². The van der Waals surface area contributed by atoms with Crippen LogP contribution in [-0.2, 0) is 26.8 Å². The Balaban J connectivity index is 1.99. The molecule has 1 aromatic rings. The molecule has 120 valence electrons. The molecule has 1 saturated heterocycles. The Morgan fingerprint density at radius 1 is 1.10 bits per heavy atom. The van der Waals surface area contributed by atoms with Crippen molar-refractivity contribution < 1.29 is 16.8 Å². The van der Waals surface area contributed by atoms with Crippen LogP contribution in [0.1, 0.15) is 30.6 Å². The molecule has 2 rings (SSSR count). The van der Waals surface area contributed by atoms with Gasteiger partial charge in [-0.3, -0.25) is 0 Å². The van der Waals surface area contributed by atoms with Gasteiger partial charge in [-0.25, -0.2) is 13.6 Å². The van der Waals surface area contributed by atoms with Crippen molar-refractivity contribution in [3.63, 3.8) is 0 Å². The lowest BCUT2D eigenvalue weighted by Gasteiger charge is -2.19. The number of nitrogens with zero attached hydrogens (tertiary/aromatic N) is 1. The Bertz CT molecular complexity index is 673. The Hall–Kier alpha value is -0.520. The standard InChI is InChI=1S/C11H19N3O4S3/c12-20(15,16)11-6-5-10(19-11)9-13-21(17,18)14-7-3-1-2-4-8-14/h5-6,13H,1-4,7-9H2,(H2,12,15,16). The molecule has 0 atom stereocenters. The van der Waals surface area contributed by atoms with Crippen LogP contribution in [-0.4, -0.2) is 34.2 Å². The van der Waals surface area contributed by atoms with Crippen molar-refractivity contribution in [3.8, 4) is 0 Å². The average molecular weight is 353 g/mol. The first-order valence-electron chi connectivity index (χ1n) is 6.65. The number of thiophene rings is 1. The summed E-state index contributed by atoms with van der Waals surface area (Å²) in [5.74, 6) is 0. The zero-order valence-electron chi connectivity index (χ0n) is 11.5. The Morgan fingerprint density at radius 3 is 2.24 bits per heavy atom. The summed E-state index contributed by atoms with van der Waals surface area (Å²) < 4.78 is 50.7. The van der Waals surface area contributed by atoms with E-state index < -0.39 is 20.2 Å². The molecule has 1 fully saturated rings. The minimum Gasteiger partial charge on any atom is -0.224 e. The highest BCUT2D eigenvalue weighted by atomic mass is 32.2. The summed E-state index contributed by atoms with van der Waals surface area (Å²) in [6.07, 6.45) is 3.84. The third-order valence-corrected chi connectivity index (χ3v) is 7.33. The minimum atomic E-state index is -3.73.